The van der Waals surface area contributed by atoms with Gasteiger partial charge < -0.3 is 10.2 Å². The molecule has 1 saturated carbocycles. The highest BCUT2D eigenvalue weighted by Crippen LogP contribution is 2.29. The largest absolute Gasteiger partial charge is 0.326 e. The monoisotopic (exact) mass is 381 g/mol. The van der Waals surface area contributed by atoms with Crippen molar-refractivity contribution in [1.82, 2.24) is 4.90 Å². The quantitative estimate of drug-likeness (QED) is 0.835. The molecule has 0 spiro atoms. The number of anilines is 2. The van der Waals surface area contributed by atoms with Gasteiger partial charge in [-0.15, -0.1) is 0 Å². The van der Waals surface area contributed by atoms with Crippen LogP contribution in [0.5, 0.6) is 0 Å². The van der Waals surface area contributed by atoms with E-state index < -0.39 is 0 Å². The van der Waals surface area contributed by atoms with Gasteiger partial charge in [-0.3, -0.25) is 9.69 Å². The minimum Gasteiger partial charge on any atom is -0.326 e. The second-order valence-corrected chi connectivity index (χ2v) is 7.51. The summed E-state index contributed by atoms with van der Waals surface area (Å²) in [6.45, 7) is 1.65. The Morgan fingerprint density at radius 1 is 1.07 bits per heavy atom. The molecule has 1 N–H and O–H groups in total. The number of urea groups is 1. The average molecular weight is 381 g/mol. The van der Waals surface area contributed by atoms with Crippen molar-refractivity contribution < 1.29 is 14.0 Å². The van der Waals surface area contributed by atoms with Gasteiger partial charge in [0.1, 0.15) is 5.82 Å². The summed E-state index contributed by atoms with van der Waals surface area (Å²) >= 11 is 0. The number of nitrogens with one attached hydrogen (secondary N) is 1. The third-order valence-electron chi connectivity index (χ3n) is 5.47. The summed E-state index contributed by atoms with van der Waals surface area (Å²) in [7, 11) is 0. The fourth-order valence-electron chi connectivity index (χ4n) is 3.69. The Balaban J connectivity index is 1.46. The number of halogens is 1. The second kappa shape index (κ2) is 8.00. The lowest BCUT2D eigenvalue weighted by molar-refractivity contribution is -0.122. The summed E-state index contributed by atoms with van der Waals surface area (Å²) in [4.78, 5) is 28.6. The Morgan fingerprint density at radius 2 is 1.89 bits per heavy atom. The molecule has 0 bridgehead atoms. The van der Waals surface area contributed by atoms with Crippen LogP contribution < -0.4 is 10.2 Å². The van der Waals surface area contributed by atoms with Crippen molar-refractivity contribution in [2.75, 3.05) is 23.3 Å². The molecule has 5 nitrogen and oxygen atoms in total. The van der Waals surface area contributed by atoms with E-state index in [0.717, 1.165) is 36.9 Å². The number of nitrogens with zero attached hydrogens (tertiary/aromatic N) is 2. The van der Waals surface area contributed by atoms with Crippen LogP contribution in [0, 0.1) is 11.7 Å². The molecule has 4 rings (SSSR count). The van der Waals surface area contributed by atoms with Gasteiger partial charge in [0, 0.05) is 36.9 Å². The number of carbonyl (C=O) groups is 2. The average Bonchev–Trinajstić information content (AvgIpc) is 2.62. The molecule has 0 aromatic heterocycles. The Kier molecular flexibility index (Phi) is 5.28. The zero-order valence-electron chi connectivity index (χ0n) is 15.7. The van der Waals surface area contributed by atoms with E-state index in [1.165, 1.54) is 12.1 Å². The SMILES string of the molecule is O=C(Nc1cccc(N2CCCN(Cc3cccc(F)c3)C2=O)c1)C1CCC1. The molecule has 0 unspecified atom stereocenters. The van der Waals surface area contributed by atoms with Gasteiger partial charge in [-0.2, -0.15) is 0 Å². The van der Waals surface area contributed by atoms with Crippen LogP contribution in [0.15, 0.2) is 48.5 Å². The van der Waals surface area contributed by atoms with Crippen molar-refractivity contribution in [3.8, 4) is 0 Å². The third-order valence-corrected chi connectivity index (χ3v) is 5.47. The first kappa shape index (κ1) is 18.5. The van der Waals surface area contributed by atoms with Crippen molar-refractivity contribution >= 4 is 23.3 Å². The number of hydrogen-bond acceptors (Lipinski definition) is 2. The molecule has 0 radical (unpaired) electrons. The van der Waals surface area contributed by atoms with Gasteiger partial charge in [0.05, 0.1) is 0 Å². The lowest BCUT2D eigenvalue weighted by Gasteiger charge is -2.36. The normalized spacial score (nSPS) is 17.4. The van der Waals surface area contributed by atoms with E-state index in [-0.39, 0.29) is 23.7 Å². The van der Waals surface area contributed by atoms with E-state index in [1.807, 2.05) is 30.3 Å². The lowest BCUT2D eigenvalue weighted by Crippen LogP contribution is -2.49. The third kappa shape index (κ3) is 4.01. The molecule has 1 saturated heterocycles. The van der Waals surface area contributed by atoms with E-state index >= 15 is 0 Å². The number of benzene rings is 2. The first-order valence-corrected chi connectivity index (χ1v) is 9.82. The topological polar surface area (TPSA) is 52.7 Å². The summed E-state index contributed by atoms with van der Waals surface area (Å²) in [6.07, 6.45) is 3.84. The molecule has 2 fully saturated rings. The molecule has 3 amide bonds. The molecule has 2 aromatic rings. The summed E-state index contributed by atoms with van der Waals surface area (Å²) in [6, 6.07) is 13.7. The zero-order chi connectivity index (χ0) is 19.5. The van der Waals surface area contributed by atoms with Crippen molar-refractivity contribution in [2.45, 2.75) is 32.2 Å². The van der Waals surface area contributed by atoms with Crippen LogP contribution in [0.4, 0.5) is 20.6 Å². The predicted molar refractivity (Wildman–Crippen MR) is 107 cm³/mol. The van der Waals surface area contributed by atoms with Gasteiger partial charge in [0.2, 0.25) is 5.91 Å². The first-order chi connectivity index (χ1) is 13.6. The second-order valence-electron chi connectivity index (χ2n) is 7.51. The highest BCUT2D eigenvalue weighted by atomic mass is 19.1. The van der Waals surface area contributed by atoms with Gasteiger partial charge in [0.15, 0.2) is 0 Å². The fourth-order valence-corrected chi connectivity index (χ4v) is 3.69. The van der Waals surface area contributed by atoms with Crippen molar-refractivity contribution in [3.63, 3.8) is 0 Å². The van der Waals surface area contributed by atoms with E-state index in [0.29, 0.717) is 25.3 Å². The van der Waals surface area contributed by atoms with Crippen LogP contribution in [0.3, 0.4) is 0 Å². The molecule has 146 valence electrons. The molecule has 1 aliphatic carbocycles. The van der Waals surface area contributed by atoms with Crippen LogP contribution >= 0.6 is 0 Å². The van der Waals surface area contributed by atoms with Gasteiger partial charge in [-0.05, 0) is 55.2 Å². The predicted octanol–water partition coefficient (Wildman–Crippen LogP) is 4.40. The van der Waals surface area contributed by atoms with Crippen LogP contribution in [-0.2, 0) is 11.3 Å². The Morgan fingerprint density at radius 3 is 2.64 bits per heavy atom. The van der Waals surface area contributed by atoms with E-state index in [9.17, 15) is 14.0 Å². The number of hydrogen-bond donors (Lipinski definition) is 1. The number of amides is 3. The summed E-state index contributed by atoms with van der Waals surface area (Å²) < 4.78 is 13.4. The standard InChI is InChI=1S/C22H24FN3O2/c23-18-8-1-5-16(13-18)15-25-11-4-12-26(22(25)28)20-10-3-9-19(14-20)24-21(27)17-6-2-7-17/h1,3,5,8-10,13-14,17H,2,4,6-7,11-12,15H2,(H,24,27). The minimum atomic E-state index is -0.297. The summed E-state index contributed by atoms with van der Waals surface area (Å²) in [5.41, 5.74) is 2.25. The molecular weight excluding hydrogens is 357 g/mol. The molecule has 28 heavy (non-hydrogen) atoms. The smallest absolute Gasteiger partial charge is 0.324 e. The van der Waals surface area contributed by atoms with Crippen molar-refractivity contribution in [3.05, 3.63) is 59.9 Å². The van der Waals surface area contributed by atoms with Crippen LogP contribution in [0.1, 0.15) is 31.2 Å². The van der Waals surface area contributed by atoms with Gasteiger partial charge in [-0.1, -0.05) is 24.6 Å². The van der Waals surface area contributed by atoms with E-state index in [2.05, 4.69) is 5.32 Å². The highest BCUT2D eigenvalue weighted by Gasteiger charge is 2.28. The maximum Gasteiger partial charge on any atom is 0.324 e. The maximum absolute atomic E-state index is 13.4. The Bertz CT molecular complexity index is 882. The maximum atomic E-state index is 13.4. The lowest BCUT2D eigenvalue weighted by atomic mass is 9.85. The van der Waals surface area contributed by atoms with E-state index in [1.54, 1.807) is 15.9 Å². The molecule has 6 heteroatoms. The molecule has 1 aliphatic heterocycles. The van der Waals surface area contributed by atoms with Gasteiger partial charge in [0.25, 0.3) is 0 Å². The summed E-state index contributed by atoms with van der Waals surface area (Å²) in [5.74, 6) is -0.128. The highest BCUT2D eigenvalue weighted by molar-refractivity contribution is 5.96. The molecule has 0 atom stereocenters. The summed E-state index contributed by atoms with van der Waals surface area (Å²) in [5, 5.41) is 2.96. The van der Waals surface area contributed by atoms with Crippen molar-refractivity contribution in [2.24, 2.45) is 5.92 Å². The molecular formula is C22H24FN3O2. The van der Waals surface area contributed by atoms with Crippen LogP contribution in [0.2, 0.25) is 0 Å². The zero-order valence-corrected chi connectivity index (χ0v) is 15.7. The molecule has 2 aliphatic rings. The van der Waals surface area contributed by atoms with Gasteiger partial charge in [-0.25, -0.2) is 9.18 Å². The number of carbonyl (C=O) groups excluding carboxylic acids is 2. The van der Waals surface area contributed by atoms with Crippen molar-refractivity contribution in [1.29, 1.82) is 0 Å². The molecule has 1 heterocycles. The van der Waals surface area contributed by atoms with E-state index in [4.69, 9.17) is 0 Å². The van der Waals surface area contributed by atoms with Gasteiger partial charge >= 0.3 is 6.03 Å². The first-order valence-electron chi connectivity index (χ1n) is 9.82. The Labute approximate surface area is 164 Å². The Hall–Kier alpha value is -2.89. The number of rotatable bonds is 5. The fraction of sp³-hybridized carbons (Fsp3) is 0.364. The van der Waals surface area contributed by atoms with Crippen LogP contribution in [0.25, 0.3) is 0 Å². The molecule has 2 aromatic carbocycles. The van der Waals surface area contributed by atoms with Crippen LogP contribution in [-0.4, -0.2) is 29.9 Å². The minimum absolute atomic E-state index is 0.0566.